The Morgan fingerprint density at radius 2 is 2.13 bits per heavy atom. The van der Waals surface area contributed by atoms with Crippen LogP contribution in [0.1, 0.15) is 34.1 Å². The van der Waals surface area contributed by atoms with Crippen molar-refractivity contribution in [2.45, 2.75) is 40.2 Å². The van der Waals surface area contributed by atoms with Gasteiger partial charge in [0.15, 0.2) is 0 Å². The van der Waals surface area contributed by atoms with Crippen LogP contribution >= 0.6 is 0 Å². The fourth-order valence-electron chi connectivity index (χ4n) is 2.08. The number of nitrogens with zero attached hydrogens (tertiary/aromatic N) is 1. The molecule has 1 aliphatic heterocycles. The summed E-state index contributed by atoms with van der Waals surface area (Å²) in [5.74, 6) is 0. The second-order valence-electron chi connectivity index (χ2n) is 5.91. The molecule has 0 bridgehead atoms. The highest BCUT2D eigenvalue weighted by Gasteiger charge is 2.28. The van der Waals surface area contributed by atoms with Crippen LogP contribution in [-0.4, -0.2) is 37.1 Å². The second-order valence-corrected chi connectivity index (χ2v) is 5.91. The van der Waals surface area contributed by atoms with E-state index < -0.39 is 0 Å². The lowest BCUT2D eigenvalue weighted by Gasteiger charge is -2.21. The van der Waals surface area contributed by atoms with Crippen LogP contribution in [0, 0.1) is 5.41 Å². The number of hydrogen-bond acceptors (Lipinski definition) is 2. The SMILES string of the molecule is C=C(CNC(C)C)CN1CCC(C)(C)C1. The van der Waals surface area contributed by atoms with Crippen LogP contribution in [0.5, 0.6) is 0 Å². The van der Waals surface area contributed by atoms with Gasteiger partial charge in [0.05, 0.1) is 0 Å². The molecule has 1 fully saturated rings. The fourth-order valence-corrected chi connectivity index (χ4v) is 2.08. The molecule has 1 heterocycles. The van der Waals surface area contributed by atoms with Gasteiger partial charge in [0.1, 0.15) is 0 Å². The quantitative estimate of drug-likeness (QED) is 0.700. The van der Waals surface area contributed by atoms with Gasteiger partial charge in [0, 0.05) is 25.7 Å². The van der Waals surface area contributed by atoms with E-state index in [0.717, 1.165) is 13.1 Å². The molecule has 0 radical (unpaired) electrons. The van der Waals surface area contributed by atoms with Crippen molar-refractivity contribution in [1.29, 1.82) is 0 Å². The minimum Gasteiger partial charge on any atom is -0.311 e. The fraction of sp³-hybridized carbons (Fsp3) is 0.846. The molecule has 15 heavy (non-hydrogen) atoms. The van der Waals surface area contributed by atoms with E-state index in [1.54, 1.807) is 0 Å². The first-order valence-electron chi connectivity index (χ1n) is 6.01. The Kier molecular flexibility index (Phi) is 4.35. The Bertz CT molecular complexity index is 219. The molecule has 2 nitrogen and oxygen atoms in total. The highest BCUT2D eigenvalue weighted by atomic mass is 15.2. The zero-order valence-electron chi connectivity index (χ0n) is 10.8. The van der Waals surface area contributed by atoms with Crippen LogP contribution in [-0.2, 0) is 0 Å². The van der Waals surface area contributed by atoms with Gasteiger partial charge < -0.3 is 5.32 Å². The summed E-state index contributed by atoms with van der Waals surface area (Å²) in [6.45, 7) is 17.6. The Labute approximate surface area is 94.7 Å². The number of likely N-dealkylation sites (tertiary alicyclic amines) is 1. The summed E-state index contributed by atoms with van der Waals surface area (Å²) < 4.78 is 0. The van der Waals surface area contributed by atoms with E-state index in [-0.39, 0.29) is 0 Å². The van der Waals surface area contributed by atoms with Crippen LogP contribution in [0.25, 0.3) is 0 Å². The zero-order chi connectivity index (χ0) is 11.5. The molecule has 0 atom stereocenters. The average Bonchev–Trinajstić information content (AvgIpc) is 2.42. The summed E-state index contributed by atoms with van der Waals surface area (Å²) in [4.78, 5) is 2.52. The van der Waals surface area contributed by atoms with Gasteiger partial charge in [-0.1, -0.05) is 34.3 Å². The Balaban J connectivity index is 2.22. The maximum atomic E-state index is 4.13. The van der Waals surface area contributed by atoms with Crippen molar-refractivity contribution in [1.82, 2.24) is 10.2 Å². The molecular weight excluding hydrogens is 184 g/mol. The molecule has 0 spiro atoms. The first kappa shape index (κ1) is 12.7. The summed E-state index contributed by atoms with van der Waals surface area (Å²) in [6, 6.07) is 0.553. The molecule has 88 valence electrons. The van der Waals surface area contributed by atoms with E-state index >= 15 is 0 Å². The number of hydrogen-bond donors (Lipinski definition) is 1. The average molecular weight is 210 g/mol. The topological polar surface area (TPSA) is 15.3 Å². The molecule has 0 amide bonds. The summed E-state index contributed by atoms with van der Waals surface area (Å²) in [5.41, 5.74) is 1.81. The molecule has 0 saturated carbocycles. The Hall–Kier alpha value is -0.340. The third-order valence-corrected chi connectivity index (χ3v) is 2.96. The van der Waals surface area contributed by atoms with E-state index in [2.05, 4.69) is 44.5 Å². The Morgan fingerprint density at radius 3 is 2.60 bits per heavy atom. The predicted octanol–water partition coefficient (Wildman–Crippen LogP) is 2.27. The van der Waals surface area contributed by atoms with E-state index in [0.29, 0.717) is 11.5 Å². The molecule has 1 aliphatic rings. The van der Waals surface area contributed by atoms with Gasteiger partial charge >= 0.3 is 0 Å². The smallest absolute Gasteiger partial charge is 0.0203 e. The van der Waals surface area contributed by atoms with E-state index in [1.165, 1.54) is 25.1 Å². The molecule has 0 aromatic rings. The minimum absolute atomic E-state index is 0.506. The highest BCUT2D eigenvalue weighted by Crippen LogP contribution is 2.28. The molecule has 0 aromatic carbocycles. The third-order valence-electron chi connectivity index (χ3n) is 2.96. The van der Waals surface area contributed by atoms with Crippen LogP contribution in [0.15, 0.2) is 12.2 Å². The molecule has 1 saturated heterocycles. The molecule has 0 aromatic heterocycles. The molecule has 1 N–H and O–H groups in total. The van der Waals surface area contributed by atoms with Gasteiger partial charge in [-0.2, -0.15) is 0 Å². The molecule has 0 unspecified atom stereocenters. The van der Waals surface area contributed by atoms with Crippen molar-refractivity contribution in [3.63, 3.8) is 0 Å². The molecule has 2 heteroatoms. The largest absolute Gasteiger partial charge is 0.311 e. The van der Waals surface area contributed by atoms with Crippen LogP contribution in [0.2, 0.25) is 0 Å². The normalized spacial score (nSPS) is 21.1. The maximum Gasteiger partial charge on any atom is 0.0203 e. The first-order chi connectivity index (χ1) is 6.89. The lowest BCUT2D eigenvalue weighted by Crippen LogP contribution is -2.31. The lowest BCUT2D eigenvalue weighted by molar-refractivity contribution is 0.307. The van der Waals surface area contributed by atoms with Crippen LogP contribution in [0.4, 0.5) is 0 Å². The summed E-state index contributed by atoms with van der Waals surface area (Å²) in [5, 5.41) is 3.41. The van der Waals surface area contributed by atoms with Crippen molar-refractivity contribution < 1.29 is 0 Å². The molecular formula is C13H26N2. The standard InChI is InChI=1S/C13H26N2/c1-11(2)14-8-12(3)9-15-7-6-13(4,5)10-15/h11,14H,3,6-10H2,1-2,4-5H3. The van der Waals surface area contributed by atoms with Crippen LogP contribution < -0.4 is 5.32 Å². The van der Waals surface area contributed by atoms with Crippen LogP contribution in [0.3, 0.4) is 0 Å². The van der Waals surface area contributed by atoms with Crippen molar-refractivity contribution in [2.24, 2.45) is 5.41 Å². The predicted molar refractivity (Wildman–Crippen MR) is 67.1 cm³/mol. The van der Waals surface area contributed by atoms with Crippen molar-refractivity contribution in [3.8, 4) is 0 Å². The van der Waals surface area contributed by atoms with Gasteiger partial charge in [0.25, 0.3) is 0 Å². The number of nitrogens with one attached hydrogen (secondary N) is 1. The molecule has 0 aliphatic carbocycles. The van der Waals surface area contributed by atoms with Gasteiger partial charge in [-0.25, -0.2) is 0 Å². The van der Waals surface area contributed by atoms with E-state index in [9.17, 15) is 0 Å². The maximum absolute atomic E-state index is 4.13. The Morgan fingerprint density at radius 1 is 1.47 bits per heavy atom. The van der Waals surface area contributed by atoms with Crippen molar-refractivity contribution in [3.05, 3.63) is 12.2 Å². The second kappa shape index (κ2) is 5.13. The summed E-state index contributed by atoms with van der Waals surface area (Å²) >= 11 is 0. The minimum atomic E-state index is 0.506. The monoisotopic (exact) mass is 210 g/mol. The summed E-state index contributed by atoms with van der Waals surface area (Å²) in [7, 11) is 0. The van der Waals surface area contributed by atoms with Gasteiger partial charge in [-0.05, 0) is 24.0 Å². The third kappa shape index (κ3) is 4.80. The van der Waals surface area contributed by atoms with E-state index in [4.69, 9.17) is 0 Å². The summed E-state index contributed by atoms with van der Waals surface area (Å²) in [6.07, 6.45) is 1.32. The first-order valence-corrected chi connectivity index (χ1v) is 6.01. The highest BCUT2D eigenvalue weighted by molar-refractivity contribution is 5.01. The molecule has 1 rings (SSSR count). The van der Waals surface area contributed by atoms with Gasteiger partial charge in [-0.15, -0.1) is 0 Å². The lowest BCUT2D eigenvalue weighted by atomic mass is 9.93. The zero-order valence-corrected chi connectivity index (χ0v) is 10.8. The van der Waals surface area contributed by atoms with Gasteiger partial charge in [-0.3, -0.25) is 4.90 Å². The van der Waals surface area contributed by atoms with E-state index in [1.807, 2.05) is 0 Å². The van der Waals surface area contributed by atoms with Crippen molar-refractivity contribution >= 4 is 0 Å². The van der Waals surface area contributed by atoms with Gasteiger partial charge in [0.2, 0.25) is 0 Å². The number of rotatable bonds is 5. The van der Waals surface area contributed by atoms with Crippen molar-refractivity contribution in [2.75, 3.05) is 26.2 Å².